The standard InChI is InChI=1S/C22H30N2O/c1-15-6-7-24(14-15)20-4-2-19(3-5-20)23-21(25)22-11-16-8-17(12-22)10-18(9-16)13-22/h2-5,15-18H,6-14H2,1H3,(H,23,25). The highest BCUT2D eigenvalue weighted by atomic mass is 16.2. The van der Waals surface area contributed by atoms with Crippen molar-refractivity contribution in [1.82, 2.24) is 0 Å². The minimum Gasteiger partial charge on any atom is -0.371 e. The van der Waals surface area contributed by atoms with E-state index in [9.17, 15) is 4.79 Å². The van der Waals surface area contributed by atoms with E-state index in [-0.39, 0.29) is 5.41 Å². The molecule has 1 amide bonds. The first-order chi connectivity index (χ1) is 12.1. The molecular weight excluding hydrogens is 308 g/mol. The van der Waals surface area contributed by atoms with E-state index >= 15 is 0 Å². The summed E-state index contributed by atoms with van der Waals surface area (Å²) in [6.45, 7) is 4.62. The molecule has 3 heteroatoms. The molecule has 1 unspecified atom stereocenters. The zero-order chi connectivity index (χ0) is 17.0. The van der Waals surface area contributed by atoms with Crippen LogP contribution in [0.15, 0.2) is 24.3 Å². The van der Waals surface area contributed by atoms with Crippen LogP contribution in [-0.4, -0.2) is 19.0 Å². The van der Waals surface area contributed by atoms with Crippen molar-refractivity contribution in [3.8, 4) is 0 Å². The second-order valence-electron chi connectivity index (χ2n) is 9.54. The highest BCUT2D eigenvalue weighted by Gasteiger charge is 2.54. The van der Waals surface area contributed by atoms with Crippen molar-refractivity contribution in [3.63, 3.8) is 0 Å². The average Bonchev–Trinajstić information content (AvgIpc) is 3.01. The van der Waals surface area contributed by atoms with Crippen LogP contribution in [0.3, 0.4) is 0 Å². The zero-order valence-corrected chi connectivity index (χ0v) is 15.3. The maximum absolute atomic E-state index is 13.1. The molecule has 4 aliphatic carbocycles. The second-order valence-corrected chi connectivity index (χ2v) is 9.54. The number of rotatable bonds is 3. The molecule has 1 aliphatic heterocycles. The van der Waals surface area contributed by atoms with E-state index in [0.29, 0.717) is 5.91 Å². The lowest BCUT2D eigenvalue weighted by Crippen LogP contribution is -2.51. The maximum Gasteiger partial charge on any atom is 0.230 e. The highest BCUT2D eigenvalue weighted by molar-refractivity contribution is 5.95. The third-order valence-corrected chi connectivity index (χ3v) is 7.43. The smallest absolute Gasteiger partial charge is 0.230 e. The number of nitrogens with one attached hydrogen (secondary N) is 1. The van der Waals surface area contributed by atoms with Gasteiger partial charge in [-0.15, -0.1) is 0 Å². The van der Waals surface area contributed by atoms with Crippen molar-refractivity contribution in [2.45, 2.75) is 51.9 Å². The van der Waals surface area contributed by atoms with Crippen LogP contribution in [0.5, 0.6) is 0 Å². The molecule has 4 saturated carbocycles. The van der Waals surface area contributed by atoms with Crippen LogP contribution in [-0.2, 0) is 4.79 Å². The number of amides is 1. The van der Waals surface area contributed by atoms with Gasteiger partial charge in [-0.2, -0.15) is 0 Å². The predicted molar refractivity (Wildman–Crippen MR) is 102 cm³/mol. The highest BCUT2D eigenvalue weighted by Crippen LogP contribution is 2.60. The van der Waals surface area contributed by atoms with Gasteiger partial charge < -0.3 is 10.2 Å². The lowest BCUT2D eigenvalue weighted by Gasteiger charge is -2.55. The maximum atomic E-state index is 13.1. The Balaban J connectivity index is 1.28. The molecular formula is C22H30N2O. The summed E-state index contributed by atoms with van der Waals surface area (Å²) in [6.07, 6.45) is 8.84. The molecule has 1 heterocycles. The largest absolute Gasteiger partial charge is 0.371 e. The summed E-state index contributed by atoms with van der Waals surface area (Å²) >= 11 is 0. The van der Waals surface area contributed by atoms with Gasteiger partial charge >= 0.3 is 0 Å². The quantitative estimate of drug-likeness (QED) is 0.867. The van der Waals surface area contributed by atoms with Crippen LogP contribution in [0.4, 0.5) is 11.4 Å². The summed E-state index contributed by atoms with van der Waals surface area (Å²) in [6, 6.07) is 8.54. The van der Waals surface area contributed by atoms with Crippen molar-refractivity contribution >= 4 is 17.3 Å². The molecule has 134 valence electrons. The second kappa shape index (κ2) is 5.75. The number of carbonyl (C=O) groups is 1. The molecule has 1 saturated heterocycles. The fraction of sp³-hybridized carbons (Fsp3) is 0.682. The number of hydrogen-bond donors (Lipinski definition) is 1. The Morgan fingerprint density at radius 1 is 1.04 bits per heavy atom. The topological polar surface area (TPSA) is 32.3 Å². The van der Waals surface area contributed by atoms with Gasteiger partial charge in [0.2, 0.25) is 5.91 Å². The normalized spacial score (nSPS) is 39.0. The van der Waals surface area contributed by atoms with E-state index in [1.807, 2.05) is 0 Å². The van der Waals surface area contributed by atoms with Crippen LogP contribution in [0.1, 0.15) is 51.9 Å². The van der Waals surface area contributed by atoms with E-state index in [4.69, 9.17) is 0 Å². The molecule has 1 aromatic rings. The van der Waals surface area contributed by atoms with Gasteiger partial charge in [-0.1, -0.05) is 6.92 Å². The van der Waals surface area contributed by atoms with E-state index < -0.39 is 0 Å². The summed E-state index contributed by atoms with van der Waals surface area (Å²) in [5.74, 6) is 3.54. The third kappa shape index (κ3) is 2.76. The minimum atomic E-state index is -0.0577. The van der Waals surface area contributed by atoms with Gasteiger partial charge in [0.15, 0.2) is 0 Å². The lowest BCUT2D eigenvalue weighted by molar-refractivity contribution is -0.140. The summed E-state index contributed by atoms with van der Waals surface area (Å²) < 4.78 is 0. The number of hydrogen-bond acceptors (Lipinski definition) is 2. The molecule has 5 aliphatic rings. The van der Waals surface area contributed by atoms with Crippen LogP contribution in [0, 0.1) is 29.1 Å². The molecule has 1 aromatic carbocycles. The average molecular weight is 338 g/mol. The molecule has 0 aromatic heterocycles. The van der Waals surface area contributed by atoms with Gasteiger partial charge in [-0.3, -0.25) is 4.79 Å². The molecule has 5 fully saturated rings. The number of anilines is 2. The third-order valence-electron chi connectivity index (χ3n) is 7.43. The van der Waals surface area contributed by atoms with E-state index in [0.717, 1.165) is 61.7 Å². The van der Waals surface area contributed by atoms with Crippen LogP contribution in [0.2, 0.25) is 0 Å². The van der Waals surface area contributed by atoms with Gasteiger partial charge in [0, 0.05) is 24.5 Å². The Hall–Kier alpha value is -1.51. The Kier molecular flexibility index (Phi) is 3.62. The minimum absolute atomic E-state index is 0.0577. The zero-order valence-electron chi connectivity index (χ0n) is 15.3. The Morgan fingerprint density at radius 2 is 1.64 bits per heavy atom. The molecule has 6 rings (SSSR count). The van der Waals surface area contributed by atoms with Crippen LogP contribution in [0.25, 0.3) is 0 Å². The first-order valence-corrected chi connectivity index (χ1v) is 10.3. The van der Waals surface area contributed by atoms with Gasteiger partial charge in [0.25, 0.3) is 0 Å². The Bertz CT molecular complexity index is 630. The number of nitrogens with zero attached hydrogens (tertiary/aromatic N) is 1. The summed E-state index contributed by atoms with van der Waals surface area (Å²) in [5, 5.41) is 3.27. The summed E-state index contributed by atoms with van der Waals surface area (Å²) in [4.78, 5) is 15.6. The fourth-order valence-corrected chi connectivity index (χ4v) is 6.58. The molecule has 1 atom stereocenters. The monoisotopic (exact) mass is 338 g/mol. The van der Waals surface area contributed by atoms with Gasteiger partial charge in [0.05, 0.1) is 5.41 Å². The predicted octanol–water partition coefficient (Wildman–Crippen LogP) is 4.69. The van der Waals surface area contributed by atoms with E-state index in [1.165, 1.54) is 31.4 Å². The molecule has 4 bridgehead atoms. The van der Waals surface area contributed by atoms with Crippen LogP contribution < -0.4 is 10.2 Å². The first kappa shape index (κ1) is 15.7. The van der Waals surface area contributed by atoms with Gasteiger partial charge in [-0.25, -0.2) is 0 Å². The van der Waals surface area contributed by atoms with E-state index in [1.54, 1.807) is 0 Å². The lowest BCUT2D eigenvalue weighted by atomic mass is 9.49. The van der Waals surface area contributed by atoms with Gasteiger partial charge in [0.1, 0.15) is 0 Å². The van der Waals surface area contributed by atoms with Gasteiger partial charge in [-0.05, 0) is 92.9 Å². The first-order valence-electron chi connectivity index (χ1n) is 10.3. The molecule has 0 spiro atoms. The van der Waals surface area contributed by atoms with Crippen molar-refractivity contribution in [2.75, 3.05) is 23.3 Å². The van der Waals surface area contributed by atoms with Crippen molar-refractivity contribution < 1.29 is 4.79 Å². The fourth-order valence-electron chi connectivity index (χ4n) is 6.58. The number of benzene rings is 1. The van der Waals surface area contributed by atoms with E-state index in [2.05, 4.69) is 41.4 Å². The Morgan fingerprint density at radius 3 is 2.16 bits per heavy atom. The van der Waals surface area contributed by atoms with Crippen molar-refractivity contribution in [3.05, 3.63) is 24.3 Å². The SMILES string of the molecule is CC1CCN(c2ccc(NC(=O)C34CC5CC(CC(C5)C3)C4)cc2)C1. The molecule has 1 N–H and O–H groups in total. The van der Waals surface area contributed by atoms with Crippen molar-refractivity contribution in [1.29, 1.82) is 0 Å². The summed E-state index contributed by atoms with van der Waals surface area (Å²) in [7, 11) is 0. The molecule has 25 heavy (non-hydrogen) atoms. The molecule has 3 nitrogen and oxygen atoms in total. The van der Waals surface area contributed by atoms with Crippen LogP contribution >= 0.6 is 0 Å². The summed E-state index contributed by atoms with van der Waals surface area (Å²) in [5.41, 5.74) is 2.20. The Labute approximate surface area is 151 Å². The molecule has 0 radical (unpaired) electrons. The van der Waals surface area contributed by atoms with Crippen molar-refractivity contribution in [2.24, 2.45) is 29.1 Å². The number of carbonyl (C=O) groups excluding carboxylic acids is 1.